The maximum atomic E-state index is 9.04. The lowest BCUT2D eigenvalue weighted by molar-refractivity contribution is 0.198. The van der Waals surface area contributed by atoms with Crippen molar-refractivity contribution in [3.63, 3.8) is 0 Å². The van der Waals surface area contributed by atoms with Crippen LogP contribution in [0.3, 0.4) is 0 Å². The molecule has 0 saturated heterocycles. The smallest absolute Gasteiger partial charge is 0.166 e. The summed E-state index contributed by atoms with van der Waals surface area (Å²) in [5, 5.41) is 15.6. The Morgan fingerprint density at radius 2 is 2.00 bits per heavy atom. The minimum absolute atomic E-state index is 0.388. The zero-order valence-corrected chi connectivity index (χ0v) is 9.55. The minimum Gasteiger partial charge on any atom is -0.392 e. The number of benzene rings is 1. The van der Waals surface area contributed by atoms with Gasteiger partial charge in [0, 0.05) is 13.1 Å². The highest BCUT2D eigenvalue weighted by Gasteiger charge is 1.98. The van der Waals surface area contributed by atoms with Crippen molar-refractivity contribution in [2.45, 2.75) is 19.6 Å². The molecule has 3 nitrogen and oxygen atoms in total. The largest absolute Gasteiger partial charge is 0.392 e. The molecule has 0 aliphatic rings. The van der Waals surface area contributed by atoms with Crippen LogP contribution in [0.5, 0.6) is 0 Å². The Hall–Kier alpha value is -1.13. The van der Waals surface area contributed by atoms with Crippen LogP contribution < -0.4 is 10.6 Å². The molecule has 0 aliphatic heterocycles. The molecule has 82 valence electrons. The average molecular weight is 224 g/mol. The van der Waals surface area contributed by atoms with Gasteiger partial charge in [0.05, 0.1) is 6.10 Å². The number of aliphatic hydroxyl groups is 1. The lowest BCUT2D eigenvalue weighted by Gasteiger charge is -2.11. The molecule has 0 spiro atoms. The number of hydrogen-bond donors (Lipinski definition) is 3. The second-order valence-electron chi connectivity index (χ2n) is 3.40. The van der Waals surface area contributed by atoms with Crippen molar-refractivity contribution in [3.05, 3.63) is 35.9 Å². The van der Waals surface area contributed by atoms with E-state index in [1.165, 1.54) is 5.56 Å². The van der Waals surface area contributed by atoms with E-state index in [2.05, 4.69) is 10.6 Å². The molecule has 15 heavy (non-hydrogen) atoms. The Morgan fingerprint density at radius 3 is 2.60 bits per heavy atom. The van der Waals surface area contributed by atoms with Gasteiger partial charge in [0.2, 0.25) is 0 Å². The third-order valence-corrected chi connectivity index (χ3v) is 2.14. The van der Waals surface area contributed by atoms with E-state index in [1.54, 1.807) is 6.92 Å². The summed E-state index contributed by atoms with van der Waals surface area (Å²) in [5.74, 6) is 0. The van der Waals surface area contributed by atoms with E-state index in [9.17, 15) is 0 Å². The van der Waals surface area contributed by atoms with Gasteiger partial charge in [-0.05, 0) is 24.7 Å². The third kappa shape index (κ3) is 5.34. The average Bonchev–Trinajstić information content (AvgIpc) is 2.25. The summed E-state index contributed by atoms with van der Waals surface area (Å²) in [4.78, 5) is 0. The van der Waals surface area contributed by atoms with Gasteiger partial charge in [-0.3, -0.25) is 0 Å². The number of thiocarbonyl (C=S) groups is 1. The highest BCUT2D eigenvalue weighted by atomic mass is 32.1. The molecule has 0 amide bonds. The van der Waals surface area contributed by atoms with Gasteiger partial charge in [0.1, 0.15) is 0 Å². The number of aliphatic hydroxyl groups excluding tert-OH is 1. The van der Waals surface area contributed by atoms with Crippen LogP contribution in [-0.4, -0.2) is 22.9 Å². The van der Waals surface area contributed by atoms with Gasteiger partial charge in [0.25, 0.3) is 0 Å². The Morgan fingerprint density at radius 1 is 1.33 bits per heavy atom. The molecular formula is C11H16N2OS. The molecule has 1 aromatic rings. The molecule has 0 heterocycles. The summed E-state index contributed by atoms with van der Waals surface area (Å²) in [6.45, 7) is 2.89. The van der Waals surface area contributed by atoms with Crippen molar-refractivity contribution in [1.29, 1.82) is 0 Å². The fraction of sp³-hybridized carbons (Fsp3) is 0.364. The van der Waals surface area contributed by atoms with Crippen LogP contribution in [0.15, 0.2) is 30.3 Å². The molecule has 0 radical (unpaired) electrons. The number of nitrogens with one attached hydrogen (secondary N) is 2. The van der Waals surface area contributed by atoms with Crippen molar-refractivity contribution in [3.8, 4) is 0 Å². The van der Waals surface area contributed by atoms with Crippen molar-refractivity contribution in [2.24, 2.45) is 0 Å². The van der Waals surface area contributed by atoms with Crippen LogP contribution in [0.4, 0.5) is 0 Å². The van der Waals surface area contributed by atoms with Gasteiger partial charge >= 0.3 is 0 Å². The van der Waals surface area contributed by atoms with E-state index in [0.717, 1.165) is 0 Å². The van der Waals surface area contributed by atoms with Crippen molar-refractivity contribution in [2.75, 3.05) is 6.54 Å². The molecular weight excluding hydrogens is 208 g/mol. The first-order chi connectivity index (χ1) is 7.18. The topological polar surface area (TPSA) is 44.3 Å². The van der Waals surface area contributed by atoms with E-state index in [-0.39, 0.29) is 6.10 Å². The van der Waals surface area contributed by atoms with Crippen LogP contribution in [0.1, 0.15) is 12.5 Å². The molecule has 0 saturated carbocycles. The standard InChI is InChI=1S/C11H16N2OS/c1-9(14)7-12-11(15)13-8-10-5-3-2-4-6-10/h2-6,9,14H,7-8H2,1H3,(H2,12,13,15). The Bertz CT molecular complexity index is 301. The SMILES string of the molecule is CC(O)CNC(=S)NCc1ccccc1. The zero-order valence-electron chi connectivity index (χ0n) is 8.73. The normalized spacial score (nSPS) is 11.9. The van der Waals surface area contributed by atoms with Crippen LogP contribution in [0, 0.1) is 0 Å². The predicted octanol–water partition coefficient (Wildman–Crippen LogP) is 1.03. The fourth-order valence-electron chi connectivity index (χ4n) is 1.08. The second-order valence-corrected chi connectivity index (χ2v) is 3.81. The monoisotopic (exact) mass is 224 g/mol. The van der Waals surface area contributed by atoms with Gasteiger partial charge in [-0.15, -0.1) is 0 Å². The highest BCUT2D eigenvalue weighted by Crippen LogP contribution is 1.96. The first-order valence-electron chi connectivity index (χ1n) is 4.92. The summed E-state index contributed by atoms with van der Waals surface area (Å²) < 4.78 is 0. The van der Waals surface area contributed by atoms with E-state index in [1.807, 2.05) is 30.3 Å². The fourth-order valence-corrected chi connectivity index (χ4v) is 1.24. The van der Waals surface area contributed by atoms with Crippen LogP contribution in [0.25, 0.3) is 0 Å². The lowest BCUT2D eigenvalue weighted by atomic mass is 10.2. The molecule has 4 heteroatoms. The molecule has 0 fully saturated rings. The maximum Gasteiger partial charge on any atom is 0.166 e. The highest BCUT2D eigenvalue weighted by molar-refractivity contribution is 7.80. The molecule has 1 rings (SSSR count). The summed E-state index contributed by atoms with van der Waals surface area (Å²) in [6.07, 6.45) is -0.388. The van der Waals surface area contributed by atoms with Gasteiger partial charge in [-0.1, -0.05) is 30.3 Å². The minimum atomic E-state index is -0.388. The second kappa shape index (κ2) is 6.37. The van der Waals surface area contributed by atoms with Crippen LogP contribution in [0.2, 0.25) is 0 Å². The molecule has 0 aliphatic carbocycles. The van der Waals surface area contributed by atoms with Gasteiger partial charge in [-0.2, -0.15) is 0 Å². The third-order valence-electron chi connectivity index (χ3n) is 1.85. The van der Waals surface area contributed by atoms with E-state index >= 15 is 0 Å². The van der Waals surface area contributed by atoms with Gasteiger partial charge in [0.15, 0.2) is 5.11 Å². The van der Waals surface area contributed by atoms with Crippen LogP contribution in [-0.2, 0) is 6.54 Å². The Labute approximate surface area is 95.5 Å². The van der Waals surface area contributed by atoms with Crippen molar-refractivity contribution in [1.82, 2.24) is 10.6 Å². The molecule has 0 aromatic heterocycles. The molecule has 1 aromatic carbocycles. The first kappa shape index (κ1) is 11.9. The zero-order chi connectivity index (χ0) is 11.1. The number of rotatable bonds is 4. The molecule has 3 N–H and O–H groups in total. The Kier molecular flexibility index (Phi) is 5.07. The van der Waals surface area contributed by atoms with Crippen molar-refractivity contribution >= 4 is 17.3 Å². The first-order valence-corrected chi connectivity index (χ1v) is 5.33. The molecule has 1 unspecified atom stereocenters. The number of hydrogen-bond acceptors (Lipinski definition) is 2. The summed E-state index contributed by atoms with van der Waals surface area (Å²) >= 11 is 5.04. The lowest BCUT2D eigenvalue weighted by Crippen LogP contribution is -2.38. The maximum absolute atomic E-state index is 9.04. The van der Waals surface area contributed by atoms with Gasteiger partial charge < -0.3 is 15.7 Å². The Balaban J connectivity index is 2.23. The van der Waals surface area contributed by atoms with E-state index in [0.29, 0.717) is 18.2 Å². The summed E-state index contributed by atoms with van der Waals surface area (Å²) in [7, 11) is 0. The van der Waals surface area contributed by atoms with E-state index < -0.39 is 0 Å². The molecule has 1 atom stereocenters. The van der Waals surface area contributed by atoms with Crippen molar-refractivity contribution < 1.29 is 5.11 Å². The molecule has 0 bridgehead atoms. The van der Waals surface area contributed by atoms with Crippen LogP contribution >= 0.6 is 12.2 Å². The summed E-state index contributed by atoms with van der Waals surface area (Å²) in [5.41, 5.74) is 1.18. The van der Waals surface area contributed by atoms with Gasteiger partial charge in [-0.25, -0.2) is 0 Å². The quantitative estimate of drug-likeness (QED) is 0.668. The van der Waals surface area contributed by atoms with E-state index in [4.69, 9.17) is 17.3 Å². The summed E-state index contributed by atoms with van der Waals surface area (Å²) in [6, 6.07) is 10.0. The predicted molar refractivity (Wildman–Crippen MR) is 65.6 cm³/mol.